The van der Waals surface area contributed by atoms with Crippen molar-refractivity contribution in [2.75, 3.05) is 31.2 Å². The zero-order chi connectivity index (χ0) is 11.7. The number of aliphatic hydroxyl groups is 1. The zero-order valence-electron chi connectivity index (χ0n) is 9.89. The number of nitrogens with zero attached hydrogens (tertiary/aromatic N) is 2. The van der Waals surface area contributed by atoms with Crippen LogP contribution in [0.4, 0.5) is 5.13 Å². The normalized spacial score (nSPS) is 21.6. The van der Waals surface area contributed by atoms with Crippen LogP contribution in [0.2, 0.25) is 0 Å². The summed E-state index contributed by atoms with van der Waals surface area (Å²) in [5.41, 5.74) is 1.15. The van der Waals surface area contributed by atoms with Crippen molar-refractivity contribution in [1.82, 2.24) is 4.98 Å². The Balaban J connectivity index is 1.81. The fourth-order valence-corrected chi connectivity index (χ4v) is 3.27. The molecule has 2 aliphatic rings. The first-order valence-electron chi connectivity index (χ1n) is 6.31. The van der Waals surface area contributed by atoms with Crippen molar-refractivity contribution >= 4 is 16.5 Å². The van der Waals surface area contributed by atoms with Crippen LogP contribution in [0, 0.1) is 0 Å². The molecule has 0 aromatic carbocycles. The lowest BCUT2D eigenvalue weighted by Gasteiger charge is -2.17. The molecule has 1 aliphatic carbocycles. The third-order valence-electron chi connectivity index (χ3n) is 3.32. The fraction of sp³-hybridized carbons (Fsp3) is 0.750. The Bertz CT molecular complexity index is 382. The maximum absolute atomic E-state index is 9.39. The minimum Gasteiger partial charge on any atom is -0.391 e. The molecule has 1 saturated carbocycles. The van der Waals surface area contributed by atoms with Gasteiger partial charge in [-0.25, -0.2) is 4.98 Å². The first kappa shape index (κ1) is 11.4. The smallest absolute Gasteiger partial charge is 0.185 e. The molecule has 1 aromatic heterocycles. The topological polar surface area (TPSA) is 45.6 Å². The first-order valence-corrected chi connectivity index (χ1v) is 7.13. The first-order chi connectivity index (χ1) is 8.38. The highest BCUT2D eigenvalue weighted by atomic mass is 32.1. The Hall–Kier alpha value is -0.650. The summed E-state index contributed by atoms with van der Waals surface area (Å²) in [6, 6.07) is 0. The number of ether oxygens (including phenoxy) is 1. The molecule has 1 saturated heterocycles. The molecule has 1 aromatic rings. The molecule has 2 fully saturated rings. The van der Waals surface area contributed by atoms with E-state index in [-0.39, 0.29) is 6.61 Å². The van der Waals surface area contributed by atoms with Gasteiger partial charge >= 0.3 is 0 Å². The minimum absolute atomic E-state index is 0.133. The molecule has 0 atom stereocenters. The van der Waals surface area contributed by atoms with Gasteiger partial charge in [0.1, 0.15) is 0 Å². The second-order valence-electron chi connectivity index (χ2n) is 4.69. The number of hydrogen-bond donors (Lipinski definition) is 1. The van der Waals surface area contributed by atoms with Gasteiger partial charge in [0.2, 0.25) is 0 Å². The van der Waals surface area contributed by atoms with E-state index in [4.69, 9.17) is 9.72 Å². The standard InChI is InChI=1S/C12H18N2O2S/c15-8-10-11(9-2-3-9)13-12(17-10)14-4-1-6-16-7-5-14/h9,15H,1-8H2. The predicted octanol–water partition coefficient (Wildman–Crippen LogP) is 1.74. The summed E-state index contributed by atoms with van der Waals surface area (Å²) in [6.07, 6.45) is 3.53. The van der Waals surface area contributed by atoms with Crippen LogP contribution in [0.5, 0.6) is 0 Å². The van der Waals surface area contributed by atoms with E-state index in [1.165, 1.54) is 12.8 Å². The summed E-state index contributed by atoms with van der Waals surface area (Å²) in [6.45, 7) is 3.70. The minimum atomic E-state index is 0.133. The predicted molar refractivity (Wildman–Crippen MR) is 67.7 cm³/mol. The van der Waals surface area contributed by atoms with Gasteiger partial charge in [-0.15, -0.1) is 0 Å². The number of aromatic nitrogens is 1. The Labute approximate surface area is 105 Å². The van der Waals surface area contributed by atoms with Crippen molar-refractivity contribution in [2.24, 2.45) is 0 Å². The average molecular weight is 254 g/mol. The number of aliphatic hydroxyl groups excluding tert-OH is 1. The Morgan fingerprint density at radius 3 is 3.00 bits per heavy atom. The molecule has 4 nitrogen and oxygen atoms in total. The number of thiazole rings is 1. The van der Waals surface area contributed by atoms with Crippen molar-refractivity contribution in [3.05, 3.63) is 10.6 Å². The largest absolute Gasteiger partial charge is 0.391 e. The van der Waals surface area contributed by atoms with Crippen LogP contribution < -0.4 is 4.90 Å². The van der Waals surface area contributed by atoms with E-state index in [1.807, 2.05) is 0 Å². The molecular formula is C12H18N2O2S. The van der Waals surface area contributed by atoms with E-state index >= 15 is 0 Å². The van der Waals surface area contributed by atoms with Crippen LogP contribution in [0.15, 0.2) is 0 Å². The Morgan fingerprint density at radius 2 is 2.24 bits per heavy atom. The lowest BCUT2D eigenvalue weighted by atomic mass is 10.2. The summed E-state index contributed by atoms with van der Waals surface area (Å²) in [4.78, 5) is 8.09. The number of anilines is 1. The van der Waals surface area contributed by atoms with Gasteiger partial charge in [0.25, 0.3) is 0 Å². The average Bonchev–Trinajstić information content (AvgIpc) is 3.14. The lowest BCUT2D eigenvalue weighted by Crippen LogP contribution is -2.25. The summed E-state index contributed by atoms with van der Waals surface area (Å²) >= 11 is 1.65. The van der Waals surface area contributed by atoms with Crippen molar-refractivity contribution in [3.8, 4) is 0 Å². The second kappa shape index (κ2) is 4.92. The Morgan fingerprint density at radius 1 is 1.35 bits per heavy atom. The van der Waals surface area contributed by atoms with Gasteiger partial charge in [-0.1, -0.05) is 11.3 Å². The van der Waals surface area contributed by atoms with Gasteiger partial charge in [-0.2, -0.15) is 0 Å². The van der Waals surface area contributed by atoms with Gasteiger partial charge in [-0.05, 0) is 19.3 Å². The molecule has 5 heteroatoms. The van der Waals surface area contributed by atoms with Gasteiger partial charge in [0.05, 0.1) is 23.8 Å². The molecule has 0 spiro atoms. The summed E-state index contributed by atoms with van der Waals surface area (Å²) in [5.74, 6) is 0.616. The van der Waals surface area contributed by atoms with Crippen LogP contribution in [0.1, 0.15) is 35.8 Å². The van der Waals surface area contributed by atoms with E-state index in [0.717, 1.165) is 48.4 Å². The highest BCUT2D eigenvalue weighted by Crippen LogP contribution is 2.44. The molecule has 1 aliphatic heterocycles. The quantitative estimate of drug-likeness (QED) is 0.892. The fourth-order valence-electron chi connectivity index (χ4n) is 2.21. The van der Waals surface area contributed by atoms with Crippen LogP contribution in [0.25, 0.3) is 0 Å². The van der Waals surface area contributed by atoms with Crippen molar-refractivity contribution in [1.29, 1.82) is 0 Å². The molecule has 94 valence electrons. The molecule has 0 radical (unpaired) electrons. The van der Waals surface area contributed by atoms with E-state index in [9.17, 15) is 5.11 Å². The molecule has 0 unspecified atom stereocenters. The van der Waals surface area contributed by atoms with Crippen molar-refractivity contribution in [2.45, 2.75) is 31.8 Å². The van der Waals surface area contributed by atoms with Crippen molar-refractivity contribution < 1.29 is 9.84 Å². The van der Waals surface area contributed by atoms with Crippen LogP contribution >= 0.6 is 11.3 Å². The van der Waals surface area contributed by atoms with E-state index in [2.05, 4.69) is 4.90 Å². The van der Waals surface area contributed by atoms with Gasteiger partial charge in [0.15, 0.2) is 5.13 Å². The summed E-state index contributed by atoms with van der Waals surface area (Å²) in [5, 5.41) is 10.5. The molecule has 17 heavy (non-hydrogen) atoms. The molecule has 3 rings (SSSR count). The van der Waals surface area contributed by atoms with Crippen LogP contribution in [-0.2, 0) is 11.3 Å². The van der Waals surface area contributed by atoms with Crippen LogP contribution in [-0.4, -0.2) is 36.4 Å². The van der Waals surface area contributed by atoms with Crippen molar-refractivity contribution in [3.63, 3.8) is 0 Å². The second-order valence-corrected chi connectivity index (χ2v) is 5.75. The molecular weight excluding hydrogens is 236 g/mol. The van der Waals surface area contributed by atoms with Gasteiger partial charge < -0.3 is 14.7 Å². The zero-order valence-corrected chi connectivity index (χ0v) is 10.7. The van der Waals surface area contributed by atoms with Gasteiger partial charge in [-0.3, -0.25) is 0 Å². The summed E-state index contributed by atoms with van der Waals surface area (Å²) in [7, 11) is 0. The molecule has 0 amide bonds. The van der Waals surface area contributed by atoms with E-state index < -0.39 is 0 Å². The van der Waals surface area contributed by atoms with E-state index in [0.29, 0.717) is 5.92 Å². The highest BCUT2D eigenvalue weighted by molar-refractivity contribution is 7.15. The third kappa shape index (κ3) is 2.46. The molecule has 2 heterocycles. The molecule has 1 N–H and O–H groups in total. The summed E-state index contributed by atoms with van der Waals surface area (Å²) < 4.78 is 5.46. The third-order valence-corrected chi connectivity index (χ3v) is 4.43. The SMILES string of the molecule is OCc1sc(N2CCCOCC2)nc1C1CC1. The Kier molecular flexibility index (Phi) is 3.31. The van der Waals surface area contributed by atoms with E-state index in [1.54, 1.807) is 11.3 Å². The maximum Gasteiger partial charge on any atom is 0.185 e. The molecule has 0 bridgehead atoms. The van der Waals surface area contributed by atoms with Gasteiger partial charge in [0, 0.05) is 25.6 Å². The highest BCUT2D eigenvalue weighted by Gasteiger charge is 2.30. The number of hydrogen-bond acceptors (Lipinski definition) is 5. The number of rotatable bonds is 3. The van der Waals surface area contributed by atoms with Crippen LogP contribution in [0.3, 0.4) is 0 Å². The lowest BCUT2D eigenvalue weighted by molar-refractivity contribution is 0.152. The monoisotopic (exact) mass is 254 g/mol. The maximum atomic E-state index is 9.39.